The van der Waals surface area contributed by atoms with Gasteiger partial charge in [-0.3, -0.25) is 4.99 Å². The van der Waals surface area contributed by atoms with Gasteiger partial charge in [0.1, 0.15) is 0 Å². The molecule has 0 aliphatic heterocycles. The van der Waals surface area contributed by atoms with E-state index in [1.807, 2.05) is 13.1 Å². The molecule has 0 atom stereocenters. The van der Waals surface area contributed by atoms with Crippen molar-refractivity contribution in [3.05, 3.63) is 78.4 Å². The molecule has 0 saturated carbocycles. The average molecular weight is 309 g/mol. The Labute approximate surface area is 142 Å². The summed E-state index contributed by atoms with van der Waals surface area (Å²) in [5, 5.41) is 5.04. The Balaban J connectivity index is 2.13. The molecule has 0 unspecified atom stereocenters. The lowest BCUT2D eigenvalue weighted by Gasteiger charge is -2.13. The third-order valence-electron chi connectivity index (χ3n) is 4.62. The van der Waals surface area contributed by atoms with Crippen LogP contribution < -0.4 is 0 Å². The summed E-state index contributed by atoms with van der Waals surface area (Å²) < 4.78 is 0. The van der Waals surface area contributed by atoms with Crippen molar-refractivity contribution in [2.24, 2.45) is 4.99 Å². The third kappa shape index (κ3) is 2.30. The van der Waals surface area contributed by atoms with Crippen molar-refractivity contribution in [3.8, 4) is 11.1 Å². The van der Waals surface area contributed by atoms with Crippen LogP contribution in [-0.4, -0.2) is 6.21 Å². The monoisotopic (exact) mass is 309 g/mol. The molecule has 0 aromatic heterocycles. The molecule has 0 spiro atoms. The summed E-state index contributed by atoms with van der Waals surface area (Å²) in [5.41, 5.74) is 4.79. The molecule has 1 nitrogen and oxygen atoms in total. The Hall–Kier alpha value is -2.93. The number of benzene rings is 4. The van der Waals surface area contributed by atoms with Crippen LogP contribution >= 0.6 is 0 Å². The minimum atomic E-state index is 1.07. The van der Waals surface area contributed by atoms with E-state index in [4.69, 9.17) is 0 Å². The summed E-state index contributed by atoms with van der Waals surface area (Å²) in [5.74, 6) is 0. The molecule has 0 radical (unpaired) electrons. The number of rotatable bonds is 2. The van der Waals surface area contributed by atoms with Crippen LogP contribution in [-0.2, 0) is 0 Å². The van der Waals surface area contributed by atoms with Gasteiger partial charge in [0.2, 0.25) is 0 Å². The molecule has 4 aromatic carbocycles. The molecule has 0 aliphatic carbocycles. The van der Waals surface area contributed by atoms with E-state index >= 15 is 0 Å². The summed E-state index contributed by atoms with van der Waals surface area (Å²) in [4.78, 5) is 4.66. The fourth-order valence-electron chi connectivity index (χ4n) is 3.45. The van der Waals surface area contributed by atoms with Gasteiger partial charge >= 0.3 is 0 Å². The average Bonchev–Trinajstić information content (AvgIpc) is 2.65. The van der Waals surface area contributed by atoms with Crippen molar-refractivity contribution in [3.63, 3.8) is 0 Å². The SMILES string of the molecule is CC=Nc1c(C)c2ccccc2c2cc(-c3ccccc3)ccc12. The molecule has 4 rings (SSSR count). The summed E-state index contributed by atoms with van der Waals surface area (Å²) in [6.07, 6.45) is 1.88. The molecule has 4 aromatic rings. The van der Waals surface area contributed by atoms with Gasteiger partial charge in [-0.05, 0) is 52.8 Å². The molecule has 0 N–H and O–H groups in total. The first-order valence-electron chi connectivity index (χ1n) is 8.29. The van der Waals surface area contributed by atoms with Crippen LogP contribution in [0.25, 0.3) is 32.7 Å². The number of aryl methyl sites for hydroxylation is 1. The second kappa shape index (κ2) is 5.93. The molecule has 0 amide bonds. The highest BCUT2D eigenvalue weighted by molar-refractivity contribution is 6.15. The highest BCUT2D eigenvalue weighted by atomic mass is 14.7. The Morgan fingerprint density at radius 1 is 0.667 bits per heavy atom. The number of nitrogens with zero attached hydrogens (tertiary/aromatic N) is 1. The van der Waals surface area contributed by atoms with Crippen LogP contribution in [0.3, 0.4) is 0 Å². The Kier molecular flexibility index (Phi) is 3.62. The quantitative estimate of drug-likeness (QED) is 0.289. The van der Waals surface area contributed by atoms with Gasteiger partial charge in [-0.1, -0.05) is 66.7 Å². The van der Waals surface area contributed by atoms with Crippen LogP contribution in [0.5, 0.6) is 0 Å². The van der Waals surface area contributed by atoms with Gasteiger partial charge in [0.25, 0.3) is 0 Å². The van der Waals surface area contributed by atoms with E-state index < -0.39 is 0 Å². The van der Waals surface area contributed by atoms with E-state index in [-0.39, 0.29) is 0 Å². The van der Waals surface area contributed by atoms with Gasteiger partial charge in [-0.2, -0.15) is 0 Å². The predicted molar refractivity (Wildman–Crippen MR) is 105 cm³/mol. The lowest BCUT2D eigenvalue weighted by atomic mass is 9.93. The number of hydrogen-bond acceptors (Lipinski definition) is 1. The number of fused-ring (bicyclic) bond motifs is 3. The fourth-order valence-corrected chi connectivity index (χ4v) is 3.45. The summed E-state index contributed by atoms with van der Waals surface area (Å²) in [6, 6.07) is 25.8. The van der Waals surface area contributed by atoms with E-state index in [0.29, 0.717) is 0 Å². The van der Waals surface area contributed by atoms with Gasteiger partial charge in [0.05, 0.1) is 5.69 Å². The Bertz CT molecular complexity index is 1060. The van der Waals surface area contributed by atoms with Crippen LogP contribution in [0.2, 0.25) is 0 Å². The van der Waals surface area contributed by atoms with Crippen LogP contribution in [0.15, 0.2) is 77.8 Å². The Morgan fingerprint density at radius 3 is 2.12 bits per heavy atom. The molecule has 0 heterocycles. The standard InChI is InChI=1S/C23H19N/c1-3-24-23-16(2)19-11-7-8-12-20(19)22-15-18(13-14-21(22)23)17-9-5-4-6-10-17/h3-15H,1-2H3. The van der Waals surface area contributed by atoms with Gasteiger partial charge in [-0.25, -0.2) is 0 Å². The second-order valence-electron chi connectivity index (χ2n) is 6.03. The molecule has 116 valence electrons. The van der Waals surface area contributed by atoms with E-state index in [2.05, 4.69) is 84.7 Å². The summed E-state index contributed by atoms with van der Waals surface area (Å²) in [7, 11) is 0. The molecular formula is C23H19N. The van der Waals surface area contributed by atoms with Crippen molar-refractivity contribution in [1.29, 1.82) is 0 Å². The van der Waals surface area contributed by atoms with Crippen molar-refractivity contribution in [2.45, 2.75) is 13.8 Å². The maximum absolute atomic E-state index is 4.66. The highest BCUT2D eigenvalue weighted by Crippen LogP contribution is 2.39. The fraction of sp³-hybridized carbons (Fsp3) is 0.0870. The minimum absolute atomic E-state index is 1.07. The van der Waals surface area contributed by atoms with Crippen molar-refractivity contribution < 1.29 is 0 Å². The first-order valence-corrected chi connectivity index (χ1v) is 8.29. The topological polar surface area (TPSA) is 12.4 Å². The zero-order valence-corrected chi connectivity index (χ0v) is 14.0. The number of aliphatic imine (C=N–C) groups is 1. The lowest BCUT2D eigenvalue weighted by molar-refractivity contribution is 1.47. The van der Waals surface area contributed by atoms with Gasteiger partial charge in [0.15, 0.2) is 0 Å². The number of hydrogen-bond donors (Lipinski definition) is 0. The van der Waals surface area contributed by atoms with Crippen molar-refractivity contribution in [2.75, 3.05) is 0 Å². The van der Waals surface area contributed by atoms with Crippen molar-refractivity contribution in [1.82, 2.24) is 0 Å². The molecule has 24 heavy (non-hydrogen) atoms. The second-order valence-corrected chi connectivity index (χ2v) is 6.03. The van der Waals surface area contributed by atoms with Gasteiger partial charge in [0, 0.05) is 11.6 Å². The van der Waals surface area contributed by atoms with E-state index in [1.54, 1.807) is 0 Å². The van der Waals surface area contributed by atoms with Crippen LogP contribution in [0.4, 0.5) is 5.69 Å². The minimum Gasteiger partial charge on any atom is -0.261 e. The first-order chi connectivity index (χ1) is 11.8. The largest absolute Gasteiger partial charge is 0.261 e. The van der Waals surface area contributed by atoms with Gasteiger partial charge < -0.3 is 0 Å². The molecule has 0 fully saturated rings. The smallest absolute Gasteiger partial charge is 0.0739 e. The maximum atomic E-state index is 4.66. The normalized spacial score (nSPS) is 11.6. The highest BCUT2D eigenvalue weighted by Gasteiger charge is 2.11. The van der Waals surface area contributed by atoms with E-state index in [0.717, 1.165) is 5.69 Å². The molecule has 0 bridgehead atoms. The first kappa shape index (κ1) is 14.6. The van der Waals surface area contributed by atoms with Crippen LogP contribution in [0.1, 0.15) is 12.5 Å². The molecule has 0 aliphatic rings. The molecular weight excluding hydrogens is 290 g/mol. The maximum Gasteiger partial charge on any atom is 0.0739 e. The molecule has 1 heteroatoms. The zero-order valence-electron chi connectivity index (χ0n) is 14.0. The summed E-state index contributed by atoms with van der Waals surface area (Å²) >= 11 is 0. The van der Waals surface area contributed by atoms with Crippen molar-refractivity contribution >= 4 is 33.4 Å². The summed E-state index contributed by atoms with van der Waals surface area (Å²) in [6.45, 7) is 4.13. The molecule has 0 saturated heterocycles. The zero-order chi connectivity index (χ0) is 16.5. The van der Waals surface area contributed by atoms with E-state index in [1.165, 1.54) is 38.2 Å². The predicted octanol–water partition coefficient (Wildman–Crippen LogP) is 6.69. The van der Waals surface area contributed by atoms with E-state index in [9.17, 15) is 0 Å². The lowest BCUT2D eigenvalue weighted by Crippen LogP contribution is -1.86. The van der Waals surface area contributed by atoms with Crippen LogP contribution in [0, 0.1) is 6.92 Å². The van der Waals surface area contributed by atoms with Gasteiger partial charge in [-0.15, -0.1) is 0 Å². The third-order valence-corrected chi connectivity index (χ3v) is 4.62. The Morgan fingerprint density at radius 2 is 1.38 bits per heavy atom.